The largest absolute Gasteiger partial charge is 0.502 e. The maximum absolute atomic E-state index is 13.8. The number of phenolic OH excluding ortho intramolecular Hbond substituents is 1. The van der Waals surface area contributed by atoms with E-state index in [-0.39, 0.29) is 41.9 Å². The number of nitrogens with one attached hydrogen (secondary N) is 1. The van der Waals surface area contributed by atoms with E-state index in [1.54, 1.807) is 36.6 Å². The Hall–Kier alpha value is -4.00. The third kappa shape index (κ3) is 4.37. The first-order valence-corrected chi connectivity index (χ1v) is 9.95. The zero-order valence-corrected chi connectivity index (χ0v) is 17.6. The van der Waals surface area contributed by atoms with Gasteiger partial charge < -0.3 is 24.3 Å². The SMILES string of the molecule is COc1cc(/C=C2/C(CC(=O)NCc3ccco3)=Cc3cc(F)ccc32)cc(OC)c1O. The summed E-state index contributed by atoms with van der Waals surface area (Å²) in [5.74, 6) is 0.538. The van der Waals surface area contributed by atoms with Crippen LogP contribution in [0.5, 0.6) is 17.2 Å². The molecule has 0 bridgehead atoms. The average Bonchev–Trinajstić information content (AvgIpc) is 3.41. The third-order valence-electron chi connectivity index (χ3n) is 5.18. The second-order valence-corrected chi connectivity index (χ2v) is 7.27. The molecule has 3 aromatic rings. The average molecular weight is 435 g/mol. The Kier molecular flexibility index (Phi) is 5.98. The predicted octanol–water partition coefficient (Wildman–Crippen LogP) is 4.79. The monoisotopic (exact) mass is 435 g/mol. The van der Waals surface area contributed by atoms with Gasteiger partial charge in [0, 0.05) is 0 Å². The number of ether oxygens (including phenoxy) is 2. The maximum atomic E-state index is 13.8. The van der Waals surface area contributed by atoms with E-state index in [4.69, 9.17) is 13.9 Å². The number of benzene rings is 2. The highest BCUT2D eigenvalue weighted by Gasteiger charge is 2.22. The van der Waals surface area contributed by atoms with Crippen LogP contribution in [0.3, 0.4) is 0 Å². The first-order chi connectivity index (χ1) is 15.5. The van der Waals surface area contributed by atoms with Crippen LogP contribution in [0.15, 0.2) is 58.7 Å². The molecule has 2 aromatic carbocycles. The first kappa shape index (κ1) is 21.2. The van der Waals surface area contributed by atoms with Gasteiger partial charge in [0.05, 0.1) is 33.4 Å². The lowest BCUT2D eigenvalue weighted by atomic mass is 9.97. The molecule has 0 atom stereocenters. The number of allylic oxidation sites excluding steroid dienone is 1. The van der Waals surface area contributed by atoms with Gasteiger partial charge in [-0.15, -0.1) is 0 Å². The van der Waals surface area contributed by atoms with Crippen LogP contribution in [0.25, 0.3) is 17.7 Å². The summed E-state index contributed by atoms with van der Waals surface area (Å²) in [6.07, 6.45) is 5.33. The molecule has 0 aliphatic heterocycles. The fraction of sp³-hybridized carbons (Fsp3) is 0.160. The van der Waals surface area contributed by atoms with E-state index < -0.39 is 0 Å². The number of carbonyl (C=O) groups is 1. The molecule has 1 aromatic heterocycles. The molecular formula is C25H22FNO5. The third-order valence-corrected chi connectivity index (χ3v) is 5.18. The highest BCUT2D eigenvalue weighted by atomic mass is 19.1. The number of phenols is 1. The van der Waals surface area contributed by atoms with Gasteiger partial charge in [0.25, 0.3) is 0 Å². The molecule has 0 saturated carbocycles. The lowest BCUT2D eigenvalue weighted by Crippen LogP contribution is -2.22. The number of halogens is 1. The van der Waals surface area contributed by atoms with Crippen LogP contribution in [-0.4, -0.2) is 25.2 Å². The molecule has 0 radical (unpaired) electrons. The molecule has 0 spiro atoms. The van der Waals surface area contributed by atoms with Crippen LogP contribution in [0.1, 0.15) is 28.9 Å². The lowest BCUT2D eigenvalue weighted by molar-refractivity contribution is -0.120. The van der Waals surface area contributed by atoms with Gasteiger partial charge in [-0.1, -0.05) is 6.07 Å². The topological polar surface area (TPSA) is 80.9 Å². The zero-order valence-electron chi connectivity index (χ0n) is 17.6. The van der Waals surface area contributed by atoms with E-state index in [1.165, 1.54) is 26.4 Å². The molecule has 32 heavy (non-hydrogen) atoms. The summed E-state index contributed by atoms with van der Waals surface area (Å²) in [7, 11) is 2.90. The van der Waals surface area contributed by atoms with Crippen LogP contribution >= 0.6 is 0 Å². The van der Waals surface area contributed by atoms with E-state index in [0.717, 1.165) is 16.7 Å². The number of rotatable bonds is 7. The van der Waals surface area contributed by atoms with E-state index in [1.807, 2.05) is 12.2 Å². The van der Waals surface area contributed by atoms with Crippen molar-refractivity contribution in [1.29, 1.82) is 0 Å². The fourth-order valence-electron chi connectivity index (χ4n) is 3.65. The number of hydrogen-bond donors (Lipinski definition) is 2. The Labute approximate surface area is 184 Å². The lowest BCUT2D eigenvalue weighted by Gasteiger charge is -2.12. The normalized spacial score (nSPS) is 13.6. The quantitative estimate of drug-likeness (QED) is 0.558. The minimum Gasteiger partial charge on any atom is -0.502 e. The molecule has 2 N–H and O–H groups in total. The standard InChI is InChI=1S/C25H22FNO5/c1-30-22-9-15(10-23(31-2)25(22)29)8-21-17(11-16-12-18(26)5-6-20(16)21)13-24(28)27-14-19-4-3-7-32-19/h3-12,29H,13-14H2,1-2H3,(H,27,28)/b21-8-. The molecule has 1 amide bonds. The van der Waals surface area contributed by atoms with Gasteiger partial charge in [-0.05, 0) is 76.4 Å². The Morgan fingerprint density at radius 2 is 1.91 bits per heavy atom. The second kappa shape index (κ2) is 9.01. The van der Waals surface area contributed by atoms with Crippen molar-refractivity contribution in [2.75, 3.05) is 14.2 Å². The van der Waals surface area contributed by atoms with Crippen molar-refractivity contribution >= 4 is 23.6 Å². The second-order valence-electron chi connectivity index (χ2n) is 7.27. The summed E-state index contributed by atoms with van der Waals surface area (Å²) < 4.78 is 29.6. The van der Waals surface area contributed by atoms with Crippen molar-refractivity contribution in [1.82, 2.24) is 5.32 Å². The molecular weight excluding hydrogens is 413 g/mol. The van der Waals surface area contributed by atoms with Crippen molar-refractivity contribution in [3.05, 3.63) is 82.6 Å². The highest BCUT2D eigenvalue weighted by Crippen LogP contribution is 2.42. The van der Waals surface area contributed by atoms with Crippen molar-refractivity contribution in [3.63, 3.8) is 0 Å². The highest BCUT2D eigenvalue weighted by molar-refractivity contribution is 6.04. The van der Waals surface area contributed by atoms with Crippen LogP contribution in [0.4, 0.5) is 4.39 Å². The summed E-state index contributed by atoms with van der Waals surface area (Å²) in [5, 5.41) is 13.0. The molecule has 6 nitrogen and oxygen atoms in total. The van der Waals surface area contributed by atoms with Gasteiger partial charge in [0.2, 0.25) is 11.7 Å². The molecule has 4 rings (SSSR count). The van der Waals surface area contributed by atoms with Crippen molar-refractivity contribution in [2.24, 2.45) is 0 Å². The van der Waals surface area contributed by atoms with Gasteiger partial charge in [-0.2, -0.15) is 0 Å². The van der Waals surface area contributed by atoms with Crippen LogP contribution < -0.4 is 14.8 Å². The molecule has 0 saturated heterocycles. The van der Waals surface area contributed by atoms with Gasteiger partial charge in [-0.25, -0.2) is 4.39 Å². The molecule has 0 unspecified atom stereocenters. The van der Waals surface area contributed by atoms with E-state index in [2.05, 4.69) is 5.32 Å². The Bertz CT molecular complexity index is 1190. The Balaban J connectivity index is 1.66. The number of methoxy groups -OCH3 is 2. The van der Waals surface area contributed by atoms with Crippen LogP contribution in [0, 0.1) is 5.82 Å². The predicted molar refractivity (Wildman–Crippen MR) is 119 cm³/mol. The summed E-state index contributed by atoms with van der Waals surface area (Å²) in [6.45, 7) is 0.284. The van der Waals surface area contributed by atoms with E-state index in [0.29, 0.717) is 16.9 Å². The molecule has 1 aliphatic rings. The molecule has 1 aliphatic carbocycles. The molecule has 0 fully saturated rings. The summed E-state index contributed by atoms with van der Waals surface area (Å²) >= 11 is 0. The zero-order chi connectivity index (χ0) is 22.7. The van der Waals surface area contributed by atoms with Gasteiger partial charge in [0.15, 0.2) is 11.5 Å². The first-order valence-electron chi connectivity index (χ1n) is 9.95. The number of carbonyl (C=O) groups excluding carboxylic acids is 1. The Morgan fingerprint density at radius 3 is 2.56 bits per heavy atom. The smallest absolute Gasteiger partial charge is 0.224 e. The van der Waals surface area contributed by atoms with E-state index in [9.17, 15) is 14.3 Å². The van der Waals surface area contributed by atoms with Gasteiger partial charge >= 0.3 is 0 Å². The summed E-state index contributed by atoms with van der Waals surface area (Å²) in [4.78, 5) is 12.6. The minimum absolute atomic E-state index is 0.0980. The number of hydrogen-bond acceptors (Lipinski definition) is 5. The summed E-state index contributed by atoms with van der Waals surface area (Å²) in [5.41, 5.74) is 3.73. The molecule has 7 heteroatoms. The van der Waals surface area contributed by atoms with Gasteiger partial charge in [0.1, 0.15) is 11.6 Å². The van der Waals surface area contributed by atoms with E-state index >= 15 is 0 Å². The van der Waals surface area contributed by atoms with Crippen molar-refractivity contribution in [2.45, 2.75) is 13.0 Å². The van der Waals surface area contributed by atoms with Crippen molar-refractivity contribution in [3.8, 4) is 17.2 Å². The number of amides is 1. The van der Waals surface area contributed by atoms with Crippen LogP contribution in [0.2, 0.25) is 0 Å². The minimum atomic E-state index is -0.351. The van der Waals surface area contributed by atoms with Crippen LogP contribution in [-0.2, 0) is 11.3 Å². The summed E-state index contributed by atoms with van der Waals surface area (Å²) in [6, 6.07) is 11.4. The number of fused-ring (bicyclic) bond motifs is 1. The molecule has 164 valence electrons. The molecule has 1 heterocycles. The number of furan rings is 1. The number of aromatic hydroxyl groups is 1. The van der Waals surface area contributed by atoms with Gasteiger partial charge in [-0.3, -0.25) is 4.79 Å². The Morgan fingerprint density at radius 1 is 1.16 bits per heavy atom. The maximum Gasteiger partial charge on any atom is 0.224 e. The fourth-order valence-corrected chi connectivity index (χ4v) is 3.65. The van der Waals surface area contributed by atoms with Crippen molar-refractivity contribution < 1.29 is 28.2 Å².